The Kier molecular flexibility index (Phi) is 5.90. The highest BCUT2D eigenvalue weighted by Crippen LogP contribution is 2.36. The predicted molar refractivity (Wildman–Crippen MR) is 75.2 cm³/mol. The van der Waals surface area contributed by atoms with Crippen LogP contribution in [0.25, 0.3) is 0 Å². The van der Waals surface area contributed by atoms with Gasteiger partial charge in [-0.1, -0.05) is 13.3 Å². The van der Waals surface area contributed by atoms with Gasteiger partial charge in [-0.05, 0) is 52.7 Å². The quantitative estimate of drug-likeness (QED) is 0.769. The molecule has 1 rings (SSSR count). The van der Waals surface area contributed by atoms with E-state index in [9.17, 15) is 0 Å². The van der Waals surface area contributed by atoms with E-state index in [0.717, 1.165) is 25.6 Å². The third-order valence-electron chi connectivity index (χ3n) is 4.69. The molecule has 0 aromatic heterocycles. The van der Waals surface area contributed by atoms with Crippen molar-refractivity contribution in [1.29, 1.82) is 0 Å². The first-order chi connectivity index (χ1) is 8.04. The number of likely N-dealkylation sites (N-methyl/N-ethyl adjacent to an activating group) is 2. The van der Waals surface area contributed by atoms with Gasteiger partial charge in [0.15, 0.2) is 0 Å². The fourth-order valence-corrected chi connectivity index (χ4v) is 2.95. The lowest BCUT2D eigenvalue weighted by Crippen LogP contribution is -2.55. The standard InChI is InChI=1S/C14H31N3/c1-5-13-6-8-14(12-15,9-7-13)17(4)11-10-16(2)3/h13H,5-12,15H2,1-4H3. The SMILES string of the molecule is CCC1CCC(CN)(N(C)CCN(C)C)CC1. The monoisotopic (exact) mass is 241 g/mol. The van der Waals surface area contributed by atoms with E-state index < -0.39 is 0 Å². The van der Waals surface area contributed by atoms with E-state index in [4.69, 9.17) is 5.73 Å². The maximum absolute atomic E-state index is 6.08. The van der Waals surface area contributed by atoms with Gasteiger partial charge in [0.25, 0.3) is 0 Å². The van der Waals surface area contributed by atoms with Gasteiger partial charge in [0.1, 0.15) is 0 Å². The van der Waals surface area contributed by atoms with Crippen LogP contribution in [0.3, 0.4) is 0 Å². The summed E-state index contributed by atoms with van der Waals surface area (Å²) in [5, 5.41) is 0. The molecular weight excluding hydrogens is 210 g/mol. The summed E-state index contributed by atoms with van der Waals surface area (Å²) >= 11 is 0. The Hall–Kier alpha value is -0.120. The maximum Gasteiger partial charge on any atom is 0.0329 e. The molecule has 0 heterocycles. The summed E-state index contributed by atoms with van der Waals surface area (Å²) in [6.45, 7) is 5.37. The van der Waals surface area contributed by atoms with Gasteiger partial charge in [0, 0.05) is 25.2 Å². The second kappa shape index (κ2) is 6.72. The van der Waals surface area contributed by atoms with Gasteiger partial charge in [0.05, 0.1) is 0 Å². The Morgan fingerprint density at radius 1 is 1.12 bits per heavy atom. The number of nitrogens with two attached hydrogens (primary N) is 1. The lowest BCUT2D eigenvalue weighted by molar-refractivity contribution is 0.0591. The molecule has 0 aromatic carbocycles. The lowest BCUT2D eigenvalue weighted by atomic mass is 9.74. The fourth-order valence-electron chi connectivity index (χ4n) is 2.95. The van der Waals surface area contributed by atoms with E-state index in [1.165, 1.54) is 32.1 Å². The number of hydrogen-bond acceptors (Lipinski definition) is 3. The van der Waals surface area contributed by atoms with Gasteiger partial charge >= 0.3 is 0 Å². The zero-order chi connectivity index (χ0) is 12.9. The third-order valence-corrected chi connectivity index (χ3v) is 4.69. The minimum absolute atomic E-state index is 0.279. The molecule has 0 bridgehead atoms. The van der Waals surface area contributed by atoms with Crippen LogP contribution in [-0.4, -0.2) is 56.1 Å². The summed E-state index contributed by atoms with van der Waals surface area (Å²) in [7, 11) is 6.52. The molecule has 1 fully saturated rings. The average Bonchev–Trinajstić information content (AvgIpc) is 2.35. The molecule has 102 valence electrons. The van der Waals surface area contributed by atoms with E-state index in [2.05, 4.69) is 37.9 Å². The van der Waals surface area contributed by atoms with Crippen LogP contribution in [0.15, 0.2) is 0 Å². The molecule has 0 unspecified atom stereocenters. The zero-order valence-corrected chi connectivity index (χ0v) is 12.2. The third kappa shape index (κ3) is 3.94. The Morgan fingerprint density at radius 3 is 2.12 bits per heavy atom. The summed E-state index contributed by atoms with van der Waals surface area (Å²) in [6, 6.07) is 0. The van der Waals surface area contributed by atoms with E-state index in [0.29, 0.717) is 0 Å². The average molecular weight is 241 g/mol. The molecule has 3 nitrogen and oxygen atoms in total. The minimum atomic E-state index is 0.279. The van der Waals surface area contributed by atoms with Gasteiger partial charge in [-0.25, -0.2) is 0 Å². The lowest BCUT2D eigenvalue weighted by Gasteiger charge is -2.46. The number of hydrogen-bond donors (Lipinski definition) is 1. The molecule has 1 aliphatic rings. The molecule has 3 heteroatoms. The summed E-state index contributed by atoms with van der Waals surface area (Å²) in [5.41, 5.74) is 6.36. The van der Waals surface area contributed by atoms with Gasteiger partial charge in [-0.2, -0.15) is 0 Å². The first kappa shape index (κ1) is 14.9. The second-order valence-electron chi connectivity index (χ2n) is 6.00. The Bertz CT molecular complexity index is 208. The normalized spacial score (nSPS) is 30.2. The first-order valence-corrected chi connectivity index (χ1v) is 7.10. The van der Waals surface area contributed by atoms with E-state index in [1.807, 2.05) is 0 Å². The number of nitrogens with zero attached hydrogens (tertiary/aromatic N) is 2. The van der Waals surface area contributed by atoms with Crippen molar-refractivity contribution in [3.63, 3.8) is 0 Å². The van der Waals surface area contributed by atoms with Gasteiger partial charge in [0.2, 0.25) is 0 Å². The summed E-state index contributed by atoms with van der Waals surface area (Å²) < 4.78 is 0. The van der Waals surface area contributed by atoms with Crippen LogP contribution in [0, 0.1) is 5.92 Å². The van der Waals surface area contributed by atoms with Crippen molar-refractivity contribution in [3.8, 4) is 0 Å². The van der Waals surface area contributed by atoms with Crippen molar-refractivity contribution in [1.82, 2.24) is 9.80 Å². The molecule has 1 aliphatic carbocycles. The smallest absolute Gasteiger partial charge is 0.0329 e. The van der Waals surface area contributed by atoms with Crippen molar-refractivity contribution in [2.45, 2.75) is 44.6 Å². The molecule has 2 N–H and O–H groups in total. The molecule has 17 heavy (non-hydrogen) atoms. The Balaban J connectivity index is 2.51. The Labute approximate surface area is 107 Å². The summed E-state index contributed by atoms with van der Waals surface area (Å²) in [4.78, 5) is 4.76. The second-order valence-corrected chi connectivity index (χ2v) is 6.00. The largest absolute Gasteiger partial charge is 0.329 e. The van der Waals surface area contributed by atoms with E-state index >= 15 is 0 Å². The van der Waals surface area contributed by atoms with Crippen molar-refractivity contribution in [3.05, 3.63) is 0 Å². The first-order valence-electron chi connectivity index (χ1n) is 7.10. The minimum Gasteiger partial charge on any atom is -0.329 e. The van der Waals surface area contributed by atoms with Crippen LogP contribution >= 0.6 is 0 Å². The van der Waals surface area contributed by atoms with Crippen molar-refractivity contribution in [2.24, 2.45) is 11.7 Å². The highest BCUT2D eigenvalue weighted by atomic mass is 15.2. The van der Waals surface area contributed by atoms with Crippen LogP contribution in [0.2, 0.25) is 0 Å². The van der Waals surface area contributed by atoms with Crippen LogP contribution in [0.1, 0.15) is 39.0 Å². The topological polar surface area (TPSA) is 32.5 Å². The highest BCUT2D eigenvalue weighted by Gasteiger charge is 2.36. The van der Waals surface area contributed by atoms with Crippen molar-refractivity contribution in [2.75, 3.05) is 40.8 Å². The van der Waals surface area contributed by atoms with Gasteiger partial charge in [-0.3, -0.25) is 4.90 Å². The van der Waals surface area contributed by atoms with Gasteiger partial charge < -0.3 is 10.6 Å². The Morgan fingerprint density at radius 2 is 1.71 bits per heavy atom. The van der Waals surface area contributed by atoms with Crippen LogP contribution in [0.4, 0.5) is 0 Å². The molecule has 1 saturated carbocycles. The molecular formula is C14H31N3. The van der Waals surface area contributed by atoms with Gasteiger partial charge in [-0.15, -0.1) is 0 Å². The molecule has 0 radical (unpaired) electrons. The number of rotatable bonds is 6. The molecule has 0 atom stereocenters. The zero-order valence-electron chi connectivity index (χ0n) is 12.2. The molecule has 0 spiro atoms. The fraction of sp³-hybridized carbons (Fsp3) is 1.00. The summed E-state index contributed by atoms with van der Waals surface area (Å²) in [5.74, 6) is 0.942. The van der Waals surface area contributed by atoms with E-state index in [1.54, 1.807) is 0 Å². The predicted octanol–water partition coefficient (Wildman–Crippen LogP) is 1.78. The molecule has 0 aromatic rings. The van der Waals surface area contributed by atoms with Crippen molar-refractivity contribution < 1.29 is 0 Å². The van der Waals surface area contributed by atoms with E-state index in [-0.39, 0.29) is 5.54 Å². The van der Waals surface area contributed by atoms with Crippen molar-refractivity contribution >= 4 is 0 Å². The van der Waals surface area contributed by atoms with Crippen LogP contribution in [-0.2, 0) is 0 Å². The summed E-state index contributed by atoms with van der Waals surface area (Å²) in [6.07, 6.45) is 6.62. The highest BCUT2D eigenvalue weighted by molar-refractivity contribution is 4.94. The maximum atomic E-state index is 6.08. The molecule has 0 aliphatic heterocycles. The van der Waals surface area contributed by atoms with Crippen LogP contribution < -0.4 is 5.73 Å². The molecule has 0 saturated heterocycles. The van der Waals surface area contributed by atoms with Crippen LogP contribution in [0.5, 0.6) is 0 Å². The molecule has 0 amide bonds.